The van der Waals surface area contributed by atoms with E-state index in [-0.39, 0.29) is 11.1 Å². The summed E-state index contributed by atoms with van der Waals surface area (Å²) in [5.74, 6) is 0.372. The van der Waals surface area contributed by atoms with Gasteiger partial charge in [-0.3, -0.25) is 0 Å². The van der Waals surface area contributed by atoms with E-state index in [0.717, 1.165) is 18.8 Å². The van der Waals surface area contributed by atoms with Crippen molar-refractivity contribution in [3.8, 4) is 0 Å². The molecule has 1 aromatic carbocycles. The van der Waals surface area contributed by atoms with Gasteiger partial charge in [0.2, 0.25) is 0 Å². The molecule has 0 radical (unpaired) electrons. The second-order valence-electron chi connectivity index (χ2n) is 5.75. The Morgan fingerprint density at radius 3 is 2.67 bits per heavy atom. The van der Waals surface area contributed by atoms with E-state index in [2.05, 4.69) is 10.2 Å². The molecule has 0 spiro atoms. The highest BCUT2D eigenvalue weighted by Crippen LogP contribution is 2.23. The number of hydrogen-bond acceptors (Lipinski definition) is 3. The summed E-state index contributed by atoms with van der Waals surface area (Å²) in [4.78, 5) is 4.12. The fraction of sp³-hybridized carbons (Fsp3) is 0.353. The standard InChI is InChI=1S/C17H21ClFN3OS/c1-12(16-5-4-10-23-16)22(9-8-21(2)3)17(24)20-13-6-7-15(19)14(18)11-13/h4-7,10-12H,8-9H2,1-3H3,(H,20,24)/t12-/m1/s1. The summed E-state index contributed by atoms with van der Waals surface area (Å²) in [7, 11) is 4.01. The average molecular weight is 370 g/mol. The Kier molecular flexibility index (Phi) is 6.60. The first-order chi connectivity index (χ1) is 11.4. The molecule has 0 amide bonds. The zero-order chi connectivity index (χ0) is 17.7. The van der Waals surface area contributed by atoms with Crippen molar-refractivity contribution >= 4 is 34.6 Å². The van der Waals surface area contributed by atoms with Crippen LogP contribution in [0.3, 0.4) is 0 Å². The molecular formula is C17H21ClFN3OS. The first kappa shape index (κ1) is 18.7. The summed E-state index contributed by atoms with van der Waals surface area (Å²) in [5.41, 5.74) is 0.646. The van der Waals surface area contributed by atoms with Crippen LogP contribution in [-0.2, 0) is 0 Å². The fourth-order valence-corrected chi connectivity index (χ4v) is 2.78. The number of halogens is 2. The lowest BCUT2D eigenvalue weighted by molar-refractivity contribution is 0.263. The minimum absolute atomic E-state index is 0.0316. The number of thiocarbonyl (C=S) groups is 1. The molecule has 2 aromatic rings. The van der Waals surface area contributed by atoms with Crippen LogP contribution < -0.4 is 5.32 Å². The van der Waals surface area contributed by atoms with Gasteiger partial charge in [-0.2, -0.15) is 0 Å². The molecule has 0 fully saturated rings. The second-order valence-corrected chi connectivity index (χ2v) is 6.54. The second kappa shape index (κ2) is 8.46. The smallest absolute Gasteiger partial charge is 0.174 e. The van der Waals surface area contributed by atoms with E-state index in [4.69, 9.17) is 28.2 Å². The van der Waals surface area contributed by atoms with Crippen LogP contribution in [0.4, 0.5) is 10.1 Å². The van der Waals surface area contributed by atoms with Crippen LogP contribution in [0, 0.1) is 5.82 Å². The van der Waals surface area contributed by atoms with E-state index in [1.807, 2.05) is 38.1 Å². The van der Waals surface area contributed by atoms with Gasteiger partial charge in [-0.1, -0.05) is 11.6 Å². The summed E-state index contributed by atoms with van der Waals surface area (Å²) in [6.45, 7) is 3.58. The van der Waals surface area contributed by atoms with Crippen LogP contribution in [0.15, 0.2) is 41.0 Å². The van der Waals surface area contributed by atoms with E-state index in [1.54, 1.807) is 12.3 Å². The molecule has 0 saturated heterocycles. The summed E-state index contributed by atoms with van der Waals surface area (Å²) < 4.78 is 18.8. The number of nitrogens with zero attached hydrogens (tertiary/aromatic N) is 2. The zero-order valence-corrected chi connectivity index (χ0v) is 15.5. The number of nitrogens with one attached hydrogen (secondary N) is 1. The SMILES string of the molecule is C[C@H](c1ccco1)N(CCN(C)C)C(=S)Nc1ccc(F)c(Cl)c1. The molecule has 0 aliphatic heterocycles. The molecule has 4 nitrogen and oxygen atoms in total. The van der Waals surface area contributed by atoms with Crippen LogP contribution in [0.2, 0.25) is 5.02 Å². The normalized spacial score (nSPS) is 12.2. The summed E-state index contributed by atoms with van der Waals surface area (Å²) in [6, 6.07) is 8.18. The number of hydrogen-bond donors (Lipinski definition) is 1. The van der Waals surface area contributed by atoms with Crippen molar-refractivity contribution < 1.29 is 8.81 Å². The first-order valence-electron chi connectivity index (χ1n) is 7.59. The molecule has 1 N–H and O–H groups in total. The molecule has 0 unspecified atom stereocenters. The number of benzene rings is 1. The van der Waals surface area contributed by atoms with Crippen LogP contribution >= 0.6 is 23.8 Å². The molecule has 0 bridgehead atoms. The van der Waals surface area contributed by atoms with Gasteiger partial charge in [-0.25, -0.2) is 4.39 Å². The van der Waals surface area contributed by atoms with Crippen molar-refractivity contribution in [3.63, 3.8) is 0 Å². The third kappa shape index (κ3) is 4.93. The van der Waals surface area contributed by atoms with E-state index < -0.39 is 5.82 Å². The van der Waals surface area contributed by atoms with Crippen molar-refractivity contribution in [3.05, 3.63) is 53.2 Å². The largest absolute Gasteiger partial charge is 0.467 e. The lowest BCUT2D eigenvalue weighted by Gasteiger charge is -2.31. The highest BCUT2D eigenvalue weighted by molar-refractivity contribution is 7.80. The van der Waals surface area contributed by atoms with E-state index in [9.17, 15) is 4.39 Å². The lowest BCUT2D eigenvalue weighted by Crippen LogP contribution is -2.40. The highest BCUT2D eigenvalue weighted by atomic mass is 35.5. The van der Waals surface area contributed by atoms with Gasteiger partial charge in [0.1, 0.15) is 11.6 Å². The van der Waals surface area contributed by atoms with Crippen LogP contribution in [0.5, 0.6) is 0 Å². The molecule has 7 heteroatoms. The molecule has 2 rings (SSSR count). The molecule has 130 valence electrons. The Labute approximate surface area is 152 Å². The summed E-state index contributed by atoms with van der Waals surface area (Å²) in [6.07, 6.45) is 1.65. The first-order valence-corrected chi connectivity index (χ1v) is 8.38. The van der Waals surface area contributed by atoms with Crippen molar-refractivity contribution in [2.24, 2.45) is 0 Å². The Hall–Kier alpha value is -1.63. The highest BCUT2D eigenvalue weighted by Gasteiger charge is 2.21. The Bertz CT molecular complexity index is 678. The van der Waals surface area contributed by atoms with Gasteiger partial charge in [-0.05, 0) is 63.6 Å². The lowest BCUT2D eigenvalue weighted by atomic mass is 10.2. The third-order valence-corrected chi connectivity index (χ3v) is 4.27. The maximum atomic E-state index is 13.3. The van der Waals surface area contributed by atoms with Crippen LogP contribution in [0.1, 0.15) is 18.7 Å². The van der Waals surface area contributed by atoms with Gasteiger partial charge >= 0.3 is 0 Å². The number of likely N-dealkylation sites (N-methyl/N-ethyl adjacent to an activating group) is 1. The monoisotopic (exact) mass is 369 g/mol. The molecule has 0 saturated carbocycles. The van der Waals surface area contributed by atoms with Crippen LogP contribution in [0.25, 0.3) is 0 Å². The molecular weight excluding hydrogens is 349 g/mol. The van der Waals surface area contributed by atoms with E-state index in [0.29, 0.717) is 10.8 Å². The van der Waals surface area contributed by atoms with Gasteiger partial charge in [0, 0.05) is 18.8 Å². The molecule has 1 aromatic heterocycles. The molecule has 1 atom stereocenters. The maximum Gasteiger partial charge on any atom is 0.174 e. The Balaban J connectivity index is 2.15. The topological polar surface area (TPSA) is 31.7 Å². The molecule has 24 heavy (non-hydrogen) atoms. The number of anilines is 1. The van der Waals surface area contributed by atoms with E-state index in [1.165, 1.54) is 12.1 Å². The quantitative estimate of drug-likeness (QED) is 0.763. The summed E-state index contributed by atoms with van der Waals surface area (Å²) >= 11 is 11.4. The zero-order valence-electron chi connectivity index (χ0n) is 13.9. The van der Waals surface area contributed by atoms with Crippen molar-refractivity contribution in [1.29, 1.82) is 0 Å². The Morgan fingerprint density at radius 2 is 2.08 bits per heavy atom. The van der Waals surface area contributed by atoms with Gasteiger partial charge in [0.15, 0.2) is 5.11 Å². The predicted octanol–water partition coefficient (Wildman–Crippen LogP) is 4.39. The van der Waals surface area contributed by atoms with Crippen molar-refractivity contribution in [2.75, 3.05) is 32.5 Å². The van der Waals surface area contributed by atoms with Gasteiger partial charge in [-0.15, -0.1) is 0 Å². The number of furan rings is 1. The minimum atomic E-state index is -0.457. The third-order valence-electron chi connectivity index (χ3n) is 3.64. The van der Waals surface area contributed by atoms with Crippen molar-refractivity contribution in [2.45, 2.75) is 13.0 Å². The van der Waals surface area contributed by atoms with Gasteiger partial charge < -0.3 is 19.5 Å². The number of rotatable bonds is 6. The fourth-order valence-electron chi connectivity index (χ4n) is 2.23. The molecule has 0 aliphatic carbocycles. The van der Waals surface area contributed by atoms with Gasteiger partial charge in [0.25, 0.3) is 0 Å². The maximum absolute atomic E-state index is 13.3. The summed E-state index contributed by atoms with van der Waals surface area (Å²) in [5, 5.41) is 3.71. The Morgan fingerprint density at radius 1 is 1.33 bits per heavy atom. The predicted molar refractivity (Wildman–Crippen MR) is 100 cm³/mol. The molecule has 1 heterocycles. The van der Waals surface area contributed by atoms with Crippen LogP contribution in [-0.4, -0.2) is 42.1 Å². The van der Waals surface area contributed by atoms with E-state index >= 15 is 0 Å². The molecule has 0 aliphatic rings. The van der Waals surface area contributed by atoms with Gasteiger partial charge in [0.05, 0.1) is 17.3 Å². The van der Waals surface area contributed by atoms with Crippen molar-refractivity contribution in [1.82, 2.24) is 9.80 Å². The minimum Gasteiger partial charge on any atom is -0.467 e. The average Bonchev–Trinajstić information content (AvgIpc) is 3.05.